The summed E-state index contributed by atoms with van der Waals surface area (Å²) in [6, 6.07) is 7.77. The van der Waals surface area contributed by atoms with E-state index >= 15 is 0 Å². The quantitative estimate of drug-likeness (QED) is 0.296. The molecule has 4 heterocycles. The Kier molecular flexibility index (Phi) is 8.36. The van der Waals surface area contributed by atoms with Crippen LogP contribution in [0, 0.1) is 0 Å². The van der Waals surface area contributed by atoms with Gasteiger partial charge in [-0.3, -0.25) is 9.80 Å². The van der Waals surface area contributed by atoms with Gasteiger partial charge in [0.25, 0.3) is 0 Å². The highest BCUT2D eigenvalue weighted by Crippen LogP contribution is 2.39. The topological polar surface area (TPSA) is 103 Å². The number of hydrogen-bond acceptors (Lipinski definition) is 10. The molecule has 0 unspecified atom stereocenters. The Balaban J connectivity index is 1.34. The molecule has 1 fully saturated rings. The van der Waals surface area contributed by atoms with E-state index in [1.54, 1.807) is 34.8 Å². The molecule has 0 aliphatic carbocycles. The molecule has 1 aliphatic heterocycles. The Morgan fingerprint density at radius 1 is 0.949 bits per heavy atom. The second-order valence-corrected chi connectivity index (χ2v) is 9.47. The maximum Gasteiger partial charge on any atom is 0.243 e. The summed E-state index contributed by atoms with van der Waals surface area (Å²) in [6.07, 6.45) is 3.54. The minimum absolute atomic E-state index is 0.149. The Bertz CT molecular complexity index is 1390. The summed E-state index contributed by atoms with van der Waals surface area (Å²) in [5.74, 6) is 2.79. The lowest BCUT2D eigenvalue weighted by Gasteiger charge is -2.34. The van der Waals surface area contributed by atoms with Crippen molar-refractivity contribution in [2.24, 2.45) is 0 Å². The maximum absolute atomic E-state index is 6.35. The van der Waals surface area contributed by atoms with E-state index in [0.29, 0.717) is 28.9 Å². The predicted octanol–water partition coefficient (Wildman–Crippen LogP) is 3.10. The lowest BCUT2D eigenvalue weighted by molar-refractivity contribution is 0.0930. The number of methoxy groups -OCH3 is 4. The molecule has 1 aromatic carbocycles. The number of hydrogen-bond donors (Lipinski definition) is 1. The number of imidazole rings is 1. The van der Waals surface area contributed by atoms with Crippen LogP contribution in [0.15, 0.2) is 36.8 Å². The number of benzene rings is 1. The van der Waals surface area contributed by atoms with Gasteiger partial charge in [0, 0.05) is 58.5 Å². The van der Waals surface area contributed by atoms with Crippen LogP contribution in [-0.2, 0) is 11.3 Å². The molecule has 0 spiro atoms. The molecule has 5 rings (SSSR count). The molecule has 0 atom stereocenters. The van der Waals surface area contributed by atoms with E-state index in [0.717, 1.165) is 62.8 Å². The Morgan fingerprint density at radius 2 is 1.67 bits per heavy atom. The van der Waals surface area contributed by atoms with Gasteiger partial charge in [-0.2, -0.15) is 4.98 Å². The van der Waals surface area contributed by atoms with Gasteiger partial charge in [-0.05, 0) is 23.7 Å². The van der Waals surface area contributed by atoms with Gasteiger partial charge < -0.3 is 28.8 Å². The number of anilines is 2. The largest absolute Gasteiger partial charge is 0.493 e. The number of ether oxygens (including phenoxy) is 4. The van der Waals surface area contributed by atoms with E-state index in [-0.39, 0.29) is 5.28 Å². The van der Waals surface area contributed by atoms with Gasteiger partial charge in [-0.15, -0.1) is 5.10 Å². The Labute approximate surface area is 232 Å². The zero-order valence-electron chi connectivity index (χ0n) is 22.6. The lowest BCUT2D eigenvalue weighted by atomic mass is 10.2. The van der Waals surface area contributed by atoms with Crippen LogP contribution in [0.1, 0.15) is 5.69 Å². The number of aromatic nitrogens is 5. The van der Waals surface area contributed by atoms with Crippen LogP contribution in [0.3, 0.4) is 0 Å². The number of halogens is 1. The summed E-state index contributed by atoms with van der Waals surface area (Å²) in [5.41, 5.74) is 2.66. The first-order valence-corrected chi connectivity index (χ1v) is 13.0. The molecule has 208 valence electrons. The average molecular weight is 557 g/mol. The average Bonchev–Trinajstić information content (AvgIpc) is 3.59. The van der Waals surface area contributed by atoms with Crippen LogP contribution in [0.4, 0.5) is 11.6 Å². The molecule has 0 saturated carbocycles. The smallest absolute Gasteiger partial charge is 0.243 e. The van der Waals surface area contributed by atoms with Crippen LogP contribution in [-0.4, -0.2) is 102 Å². The number of rotatable bonds is 11. The third-order valence-corrected chi connectivity index (χ3v) is 6.96. The monoisotopic (exact) mass is 556 g/mol. The minimum Gasteiger partial charge on any atom is -0.493 e. The van der Waals surface area contributed by atoms with Crippen molar-refractivity contribution in [2.45, 2.75) is 6.54 Å². The molecule has 3 aromatic heterocycles. The fourth-order valence-corrected chi connectivity index (χ4v) is 4.88. The van der Waals surface area contributed by atoms with E-state index in [9.17, 15) is 0 Å². The lowest BCUT2D eigenvalue weighted by Crippen LogP contribution is -2.46. The third kappa shape index (κ3) is 5.88. The predicted molar refractivity (Wildman–Crippen MR) is 148 cm³/mol. The fourth-order valence-electron chi connectivity index (χ4n) is 4.72. The normalized spacial score (nSPS) is 14.6. The van der Waals surface area contributed by atoms with E-state index in [1.165, 1.54) is 0 Å². The van der Waals surface area contributed by atoms with E-state index in [2.05, 4.69) is 36.2 Å². The van der Waals surface area contributed by atoms with E-state index in [4.69, 9.17) is 30.5 Å². The summed E-state index contributed by atoms with van der Waals surface area (Å²) < 4.78 is 25.3. The Morgan fingerprint density at radius 3 is 2.33 bits per heavy atom. The van der Waals surface area contributed by atoms with Crippen molar-refractivity contribution in [3.05, 3.63) is 47.8 Å². The first-order chi connectivity index (χ1) is 19.0. The summed E-state index contributed by atoms with van der Waals surface area (Å²) in [4.78, 5) is 13.8. The number of nitrogens with zero attached hydrogens (tertiary/aromatic N) is 7. The number of piperazine rings is 1. The molecule has 0 radical (unpaired) electrons. The molecular formula is C26H33ClN8O4. The SMILES string of the molecule is COCCN1CCN(Cc2ccc3c(Nc4cn(-c5cc(OC)c(OC)c(OC)c5)cn4)nc(Cl)nn23)CC1. The zero-order valence-corrected chi connectivity index (χ0v) is 23.3. The van der Waals surface area contributed by atoms with E-state index in [1.807, 2.05) is 33.5 Å². The molecule has 0 amide bonds. The van der Waals surface area contributed by atoms with Crippen molar-refractivity contribution < 1.29 is 18.9 Å². The van der Waals surface area contributed by atoms with Gasteiger partial charge in [0.15, 0.2) is 17.3 Å². The number of fused-ring (bicyclic) bond motifs is 1. The second-order valence-electron chi connectivity index (χ2n) is 9.14. The highest BCUT2D eigenvalue weighted by atomic mass is 35.5. The fraction of sp³-hybridized carbons (Fsp3) is 0.423. The van der Waals surface area contributed by atoms with Crippen molar-refractivity contribution in [2.75, 3.05) is 73.1 Å². The zero-order chi connectivity index (χ0) is 27.4. The van der Waals surface area contributed by atoms with Crippen molar-refractivity contribution in [1.82, 2.24) is 33.9 Å². The van der Waals surface area contributed by atoms with Crippen LogP contribution >= 0.6 is 11.6 Å². The van der Waals surface area contributed by atoms with Crippen molar-refractivity contribution in [1.29, 1.82) is 0 Å². The number of nitrogens with one attached hydrogen (secondary N) is 1. The van der Waals surface area contributed by atoms with Crippen LogP contribution in [0.2, 0.25) is 5.28 Å². The van der Waals surface area contributed by atoms with Gasteiger partial charge in [-0.1, -0.05) is 0 Å². The highest BCUT2D eigenvalue weighted by Gasteiger charge is 2.20. The van der Waals surface area contributed by atoms with Crippen LogP contribution in [0.5, 0.6) is 17.2 Å². The minimum atomic E-state index is 0.149. The molecule has 39 heavy (non-hydrogen) atoms. The van der Waals surface area contributed by atoms with Crippen LogP contribution < -0.4 is 19.5 Å². The molecule has 1 N–H and O–H groups in total. The molecule has 4 aromatic rings. The molecule has 0 bridgehead atoms. The standard InChI is InChI=1S/C26H33ClN8O4/c1-36-12-11-32-7-9-33(10-8-32)15-18-5-6-20-25(30-26(27)31-35(18)20)29-23-16-34(17-28-23)19-13-21(37-2)24(39-4)22(14-19)38-3/h5-6,13-14,16-17H,7-12,15H2,1-4H3,(H,29,30,31). The summed E-state index contributed by atoms with van der Waals surface area (Å²) in [5, 5.41) is 7.92. The Hall–Kier alpha value is -3.58. The first-order valence-electron chi connectivity index (χ1n) is 12.6. The van der Waals surface area contributed by atoms with Crippen molar-refractivity contribution in [3.63, 3.8) is 0 Å². The van der Waals surface area contributed by atoms with E-state index < -0.39 is 0 Å². The maximum atomic E-state index is 6.35. The van der Waals surface area contributed by atoms with Crippen molar-refractivity contribution >= 4 is 28.8 Å². The van der Waals surface area contributed by atoms with Gasteiger partial charge >= 0.3 is 0 Å². The third-order valence-electron chi connectivity index (χ3n) is 6.80. The van der Waals surface area contributed by atoms with Gasteiger partial charge in [-0.25, -0.2) is 9.50 Å². The summed E-state index contributed by atoms with van der Waals surface area (Å²) in [6.45, 7) is 6.50. The molecule has 1 aliphatic rings. The van der Waals surface area contributed by atoms with Crippen molar-refractivity contribution in [3.8, 4) is 22.9 Å². The summed E-state index contributed by atoms with van der Waals surface area (Å²) in [7, 11) is 6.48. The molecular weight excluding hydrogens is 524 g/mol. The van der Waals surface area contributed by atoms with Crippen LogP contribution in [0.25, 0.3) is 11.2 Å². The summed E-state index contributed by atoms with van der Waals surface area (Å²) >= 11 is 6.35. The second kappa shape index (κ2) is 12.1. The molecule has 12 nitrogen and oxygen atoms in total. The van der Waals surface area contributed by atoms with Gasteiger partial charge in [0.05, 0.1) is 45.5 Å². The molecule has 13 heteroatoms. The highest BCUT2D eigenvalue weighted by molar-refractivity contribution is 6.28. The molecule has 1 saturated heterocycles. The van der Waals surface area contributed by atoms with Gasteiger partial charge in [0.2, 0.25) is 11.0 Å². The van der Waals surface area contributed by atoms with Gasteiger partial charge in [0.1, 0.15) is 17.7 Å². The first kappa shape index (κ1) is 27.0.